The number of para-hydroxylation sites is 2. The number of hydrogen-bond donors (Lipinski definition) is 3. The van der Waals surface area contributed by atoms with E-state index in [1.165, 1.54) is 28.5 Å². The lowest BCUT2D eigenvalue weighted by Crippen LogP contribution is -2.25. The van der Waals surface area contributed by atoms with Gasteiger partial charge in [-0.25, -0.2) is 4.98 Å². The molecule has 0 radical (unpaired) electrons. The fraction of sp³-hybridized carbons (Fsp3) is 0.235. The van der Waals surface area contributed by atoms with Crippen molar-refractivity contribution >= 4 is 28.1 Å². The number of phenolic OH excluding ortho intramolecular Hbond substituents is 1. The summed E-state index contributed by atoms with van der Waals surface area (Å²) in [5.74, 6) is -0.657. The Morgan fingerprint density at radius 2 is 2.28 bits per heavy atom. The van der Waals surface area contributed by atoms with E-state index in [1.54, 1.807) is 18.2 Å². The maximum Gasteiger partial charge on any atom is 0.267 e. The number of benzene rings is 1. The number of thiazole rings is 1. The minimum Gasteiger partial charge on any atom is -0.506 e. The van der Waals surface area contributed by atoms with Crippen LogP contribution in [-0.4, -0.2) is 34.5 Å². The van der Waals surface area contributed by atoms with Crippen molar-refractivity contribution < 1.29 is 9.90 Å². The molecule has 0 saturated carbocycles. The van der Waals surface area contributed by atoms with Crippen LogP contribution in [0.5, 0.6) is 5.75 Å². The predicted octanol–water partition coefficient (Wildman–Crippen LogP) is 2.29. The standard InChI is InChI=1S/C17H17N5O2S/c1-22-7-6-13-15(10-22)25-17(21-13)19-9-11(8-18)16(24)20-12-4-2-3-5-14(12)23/h2-5,9,23H,6-7,10H2,1H3,(H,19,21)(H,20,24)/b11-9-. The Balaban J connectivity index is 1.70. The molecular formula is C17H17N5O2S. The molecule has 0 spiro atoms. The third-order valence-corrected chi connectivity index (χ3v) is 4.79. The molecule has 0 saturated heterocycles. The van der Waals surface area contributed by atoms with Crippen LogP contribution in [-0.2, 0) is 17.8 Å². The first-order valence-corrected chi connectivity index (χ1v) is 8.51. The van der Waals surface area contributed by atoms with Gasteiger partial charge in [-0.1, -0.05) is 12.1 Å². The second-order valence-electron chi connectivity index (χ2n) is 5.66. The van der Waals surface area contributed by atoms with E-state index in [1.807, 2.05) is 6.07 Å². The number of phenols is 1. The summed E-state index contributed by atoms with van der Waals surface area (Å²) in [5.41, 5.74) is 1.21. The molecule has 2 aromatic rings. The third kappa shape index (κ3) is 3.96. The number of aromatic hydroxyl groups is 1. The average molecular weight is 355 g/mol. The molecule has 0 aliphatic carbocycles. The van der Waals surface area contributed by atoms with E-state index in [0.717, 1.165) is 25.2 Å². The first-order valence-electron chi connectivity index (χ1n) is 7.70. The van der Waals surface area contributed by atoms with Crippen LogP contribution >= 0.6 is 11.3 Å². The van der Waals surface area contributed by atoms with Gasteiger partial charge in [0.2, 0.25) is 0 Å². The number of hydrogen-bond acceptors (Lipinski definition) is 7. The van der Waals surface area contributed by atoms with E-state index in [-0.39, 0.29) is 17.0 Å². The summed E-state index contributed by atoms with van der Waals surface area (Å²) < 4.78 is 0. The lowest BCUT2D eigenvalue weighted by atomic mass is 10.2. The highest BCUT2D eigenvalue weighted by molar-refractivity contribution is 7.15. The molecule has 3 rings (SSSR count). The molecule has 1 aromatic heterocycles. The summed E-state index contributed by atoms with van der Waals surface area (Å²) in [5, 5.41) is 25.0. The van der Waals surface area contributed by atoms with E-state index in [0.29, 0.717) is 5.13 Å². The van der Waals surface area contributed by atoms with E-state index in [2.05, 4.69) is 27.6 Å². The van der Waals surface area contributed by atoms with Gasteiger partial charge < -0.3 is 20.6 Å². The van der Waals surface area contributed by atoms with Crippen molar-refractivity contribution in [1.29, 1.82) is 5.26 Å². The molecule has 1 aliphatic rings. The highest BCUT2D eigenvalue weighted by Gasteiger charge is 2.18. The number of anilines is 2. The molecule has 0 unspecified atom stereocenters. The molecule has 128 valence electrons. The number of fused-ring (bicyclic) bond motifs is 1. The van der Waals surface area contributed by atoms with Crippen molar-refractivity contribution in [3.05, 3.63) is 46.6 Å². The van der Waals surface area contributed by atoms with Gasteiger partial charge in [-0.2, -0.15) is 5.26 Å². The first kappa shape index (κ1) is 17.0. The van der Waals surface area contributed by atoms with Crippen LogP contribution < -0.4 is 10.6 Å². The lowest BCUT2D eigenvalue weighted by Gasteiger charge is -2.20. The Bertz CT molecular complexity index is 868. The van der Waals surface area contributed by atoms with Gasteiger partial charge in [-0.15, -0.1) is 11.3 Å². The summed E-state index contributed by atoms with van der Waals surface area (Å²) in [7, 11) is 2.06. The molecule has 3 N–H and O–H groups in total. The largest absolute Gasteiger partial charge is 0.506 e. The Kier molecular flexibility index (Phi) is 4.97. The van der Waals surface area contributed by atoms with Crippen LogP contribution in [0.25, 0.3) is 0 Å². The SMILES string of the molecule is CN1CCc2nc(N/C=C(/C#N)C(=O)Nc3ccccc3O)sc2C1. The molecule has 1 aromatic carbocycles. The molecule has 0 bridgehead atoms. The normalized spacial score (nSPS) is 14.5. The number of carbonyl (C=O) groups is 1. The summed E-state index contributed by atoms with van der Waals surface area (Å²) in [6, 6.07) is 8.20. The molecular weight excluding hydrogens is 338 g/mol. The van der Waals surface area contributed by atoms with Gasteiger partial charge in [0.15, 0.2) is 5.13 Å². The van der Waals surface area contributed by atoms with Crippen LogP contribution in [0.1, 0.15) is 10.6 Å². The average Bonchev–Trinajstić information content (AvgIpc) is 2.99. The Labute approximate surface area is 149 Å². The van der Waals surface area contributed by atoms with Gasteiger partial charge in [0.05, 0.1) is 11.4 Å². The number of aromatic nitrogens is 1. The molecule has 0 fully saturated rings. The predicted molar refractivity (Wildman–Crippen MR) is 96.2 cm³/mol. The lowest BCUT2D eigenvalue weighted by molar-refractivity contribution is -0.112. The molecule has 2 heterocycles. The number of nitrogens with zero attached hydrogens (tertiary/aromatic N) is 3. The highest BCUT2D eigenvalue weighted by Crippen LogP contribution is 2.28. The van der Waals surface area contributed by atoms with E-state index >= 15 is 0 Å². The summed E-state index contributed by atoms with van der Waals surface area (Å²) >= 11 is 1.52. The minimum absolute atomic E-state index is 0.0576. The van der Waals surface area contributed by atoms with Crippen molar-refractivity contribution in [2.24, 2.45) is 0 Å². The molecule has 1 aliphatic heterocycles. The van der Waals surface area contributed by atoms with Crippen LogP contribution in [0.3, 0.4) is 0 Å². The quantitative estimate of drug-likeness (QED) is 0.442. The molecule has 25 heavy (non-hydrogen) atoms. The maximum absolute atomic E-state index is 12.2. The second kappa shape index (κ2) is 7.34. The van der Waals surface area contributed by atoms with Crippen molar-refractivity contribution in [3.8, 4) is 11.8 Å². The zero-order chi connectivity index (χ0) is 17.8. The number of carbonyl (C=O) groups excluding carboxylic acids is 1. The number of nitriles is 1. The zero-order valence-corrected chi connectivity index (χ0v) is 14.4. The van der Waals surface area contributed by atoms with E-state index in [4.69, 9.17) is 0 Å². The van der Waals surface area contributed by atoms with Crippen LogP contribution in [0.4, 0.5) is 10.8 Å². The fourth-order valence-electron chi connectivity index (χ4n) is 2.44. The number of nitrogens with one attached hydrogen (secondary N) is 2. The summed E-state index contributed by atoms with van der Waals surface area (Å²) in [6.07, 6.45) is 2.23. The molecule has 8 heteroatoms. The van der Waals surface area contributed by atoms with E-state index in [9.17, 15) is 15.2 Å². The highest BCUT2D eigenvalue weighted by atomic mass is 32.1. The van der Waals surface area contributed by atoms with Crippen molar-refractivity contribution in [3.63, 3.8) is 0 Å². The molecule has 7 nitrogen and oxygen atoms in total. The van der Waals surface area contributed by atoms with Crippen molar-refractivity contribution in [2.75, 3.05) is 24.2 Å². The maximum atomic E-state index is 12.2. The monoisotopic (exact) mass is 355 g/mol. The molecule has 1 amide bonds. The van der Waals surface area contributed by atoms with Gasteiger partial charge in [-0.05, 0) is 19.2 Å². The van der Waals surface area contributed by atoms with Crippen molar-refractivity contribution in [2.45, 2.75) is 13.0 Å². The smallest absolute Gasteiger partial charge is 0.267 e. The van der Waals surface area contributed by atoms with Crippen LogP contribution in [0.2, 0.25) is 0 Å². The van der Waals surface area contributed by atoms with Gasteiger partial charge in [0.1, 0.15) is 17.4 Å². The first-order chi connectivity index (χ1) is 12.1. The third-order valence-electron chi connectivity index (χ3n) is 3.78. The summed E-state index contributed by atoms with van der Waals surface area (Å²) in [4.78, 5) is 20.1. The Morgan fingerprint density at radius 3 is 3.04 bits per heavy atom. The van der Waals surface area contributed by atoms with Crippen molar-refractivity contribution in [1.82, 2.24) is 9.88 Å². The zero-order valence-electron chi connectivity index (χ0n) is 13.6. The summed E-state index contributed by atoms with van der Waals surface area (Å²) in [6.45, 7) is 1.83. The van der Waals surface area contributed by atoms with Crippen LogP contribution in [0, 0.1) is 11.3 Å². The van der Waals surface area contributed by atoms with Gasteiger partial charge >= 0.3 is 0 Å². The minimum atomic E-state index is -0.599. The fourth-order valence-corrected chi connectivity index (χ4v) is 3.49. The second-order valence-corrected chi connectivity index (χ2v) is 6.75. The molecule has 0 atom stereocenters. The number of likely N-dealkylation sites (N-methyl/N-ethyl adjacent to an activating group) is 1. The van der Waals surface area contributed by atoms with Crippen LogP contribution in [0.15, 0.2) is 36.0 Å². The van der Waals surface area contributed by atoms with E-state index < -0.39 is 5.91 Å². The number of rotatable bonds is 4. The Hall–Kier alpha value is -2.89. The van der Waals surface area contributed by atoms with Gasteiger partial charge in [0.25, 0.3) is 5.91 Å². The topological polar surface area (TPSA) is 101 Å². The number of amides is 1. The van der Waals surface area contributed by atoms with Gasteiger partial charge in [0, 0.05) is 30.6 Å². The van der Waals surface area contributed by atoms with Gasteiger partial charge in [-0.3, -0.25) is 4.79 Å². The Morgan fingerprint density at radius 1 is 1.48 bits per heavy atom.